The highest BCUT2D eigenvalue weighted by atomic mass is 127. The Hall–Kier alpha value is -4.34. The van der Waals surface area contributed by atoms with Gasteiger partial charge < -0.3 is 24.8 Å². The SMILES string of the molecule is COc1cnc(-n2cnc(CNC(=O)I)n2)c2[nH]cc(C(=O)C(=O)N3CCN(C(=O)c4ccccc4)CC3)c12. The molecule has 0 radical (unpaired) electrons. The van der Waals surface area contributed by atoms with E-state index < -0.39 is 11.7 Å². The van der Waals surface area contributed by atoms with Crippen LogP contribution in [0.15, 0.2) is 49.1 Å². The number of pyridine rings is 1. The first kappa shape index (κ1) is 26.3. The van der Waals surface area contributed by atoms with Gasteiger partial charge in [0.05, 0.1) is 36.3 Å². The molecule has 4 heterocycles. The fourth-order valence-corrected chi connectivity index (χ4v) is 4.57. The van der Waals surface area contributed by atoms with Crippen LogP contribution in [0.3, 0.4) is 0 Å². The molecule has 1 aromatic carbocycles. The second kappa shape index (κ2) is 11.2. The van der Waals surface area contributed by atoms with Crippen molar-refractivity contribution in [2.75, 3.05) is 33.3 Å². The summed E-state index contributed by atoms with van der Waals surface area (Å²) in [5.74, 6) is -0.465. The van der Waals surface area contributed by atoms with Crippen LogP contribution >= 0.6 is 22.6 Å². The Morgan fingerprint density at radius 3 is 2.46 bits per heavy atom. The van der Waals surface area contributed by atoms with Crippen LogP contribution in [-0.2, 0) is 11.3 Å². The predicted molar refractivity (Wildman–Crippen MR) is 147 cm³/mol. The number of amides is 3. The zero-order chi connectivity index (χ0) is 27.5. The van der Waals surface area contributed by atoms with E-state index in [9.17, 15) is 19.2 Å². The Kier molecular flexibility index (Phi) is 7.53. The highest BCUT2D eigenvalue weighted by Gasteiger charge is 2.31. The van der Waals surface area contributed by atoms with Gasteiger partial charge in [-0.2, -0.15) is 0 Å². The van der Waals surface area contributed by atoms with Crippen LogP contribution in [0, 0.1) is 0 Å². The first-order valence-corrected chi connectivity index (χ1v) is 13.0. The molecule has 5 rings (SSSR count). The number of nitrogens with zero attached hydrogens (tertiary/aromatic N) is 6. The van der Waals surface area contributed by atoms with E-state index in [4.69, 9.17) is 4.74 Å². The summed E-state index contributed by atoms with van der Waals surface area (Å²) >= 11 is 1.62. The van der Waals surface area contributed by atoms with E-state index in [1.54, 1.807) is 51.8 Å². The van der Waals surface area contributed by atoms with E-state index in [1.807, 2.05) is 6.07 Å². The van der Waals surface area contributed by atoms with Gasteiger partial charge in [0.2, 0.25) is 0 Å². The molecule has 1 aliphatic rings. The monoisotopic (exact) mass is 642 g/mol. The number of ketones is 1. The van der Waals surface area contributed by atoms with Crippen molar-refractivity contribution in [2.24, 2.45) is 0 Å². The highest BCUT2D eigenvalue weighted by Crippen LogP contribution is 2.32. The number of fused-ring (bicyclic) bond motifs is 1. The number of aromatic nitrogens is 5. The summed E-state index contributed by atoms with van der Waals surface area (Å²) in [7, 11) is 1.45. The number of halogens is 1. The van der Waals surface area contributed by atoms with Crippen molar-refractivity contribution >= 4 is 55.0 Å². The molecular formula is C25H23IN8O5. The van der Waals surface area contributed by atoms with Crippen molar-refractivity contribution in [3.63, 3.8) is 0 Å². The molecule has 3 amide bonds. The van der Waals surface area contributed by atoms with Gasteiger partial charge in [0, 0.05) is 60.5 Å². The largest absolute Gasteiger partial charge is 0.494 e. The summed E-state index contributed by atoms with van der Waals surface area (Å²) in [6, 6.07) is 8.94. The minimum Gasteiger partial charge on any atom is -0.494 e. The van der Waals surface area contributed by atoms with Gasteiger partial charge >= 0.3 is 0 Å². The van der Waals surface area contributed by atoms with Gasteiger partial charge in [-0.3, -0.25) is 19.2 Å². The number of H-pyrrole nitrogens is 1. The Bertz CT molecular complexity index is 1560. The summed E-state index contributed by atoms with van der Waals surface area (Å²) in [6.45, 7) is 1.27. The second-order valence-electron chi connectivity index (χ2n) is 8.61. The van der Waals surface area contributed by atoms with Gasteiger partial charge in [0.1, 0.15) is 12.1 Å². The third-order valence-corrected chi connectivity index (χ3v) is 6.71. The van der Waals surface area contributed by atoms with Crippen molar-refractivity contribution < 1.29 is 23.9 Å². The molecule has 4 aromatic rings. The average molecular weight is 642 g/mol. The molecule has 0 atom stereocenters. The van der Waals surface area contributed by atoms with Crippen molar-refractivity contribution in [1.82, 2.24) is 39.8 Å². The number of Topliss-reactive ketones (excluding diaryl/α,β-unsaturated/α-hetero) is 1. The molecule has 2 N–H and O–H groups in total. The standard InChI is InChI=1S/C25H23IN8O5/c1-39-17-12-28-22(34-14-30-18(31-34)13-29-25(26)38)20-19(17)16(11-27-20)21(35)24(37)33-9-7-32(8-10-33)23(36)15-5-3-2-4-6-15/h2-6,11-12,14,27H,7-10,13H2,1H3,(H,29,38). The van der Waals surface area contributed by atoms with Gasteiger partial charge in [-0.1, -0.05) is 18.2 Å². The third kappa shape index (κ3) is 5.32. The van der Waals surface area contributed by atoms with Gasteiger partial charge in [0.25, 0.3) is 21.5 Å². The molecule has 14 heteroatoms. The van der Waals surface area contributed by atoms with Crippen LogP contribution in [0.1, 0.15) is 26.5 Å². The van der Waals surface area contributed by atoms with E-state index >= 15 is 0 Å². The number of methoxy groups -OCH3 is 1. The lowest BCUT2D eigenvalue weighted by molar-refractivity contribution is -0.127. The summed E-state index contributed by atoms with van der Waals surface area (Å²) in [4.78, 5) is 65.2. The fourth-order valence-electron chi connectivity index (χ4n) is 4.38. The molecule has 3 aromatic heterocycles. The van der Waals surface area contributed by atoms with E-state index in [0.717, 1.165) is 0 Å². The second-order valence-corrected chi connectivity index (χ2v) is 9.59. The van der Waals surface area contributed by atoms with Gasteiger partial charge in [-0.05, 0) is 12.1 Å². The first-order chi connectivity index (χ1) is 18.9. The number of ether oxygens (including phenoxy) is 1. The predicted octanol–water partition coefficient (Wildman–Crippen LogP) is 1.96. The normalized spacial score (nSPS) is 13.4. The molecule has 0 bridgehead atoms. The Morgan fingerprint density at radius 1 is 1.05 bits per heavy atom. The van der Waals surface area contributed by atoms with Gasteiger partial charge in [-0.25, -0.2) is 14.6 Å². The number of hydrogen-bond donors (Lipinski definition) is 2. The molecule has 39 heavy (non-hydrogen) atoms. The Morgan fingerprint density at radius 2 is 1.77 bits per heavy atom. The number of benzene rings is 1. The summed E-state index contributed by atoms with van der Waals surface area (Å²) < 4.78 is 6.62. The van der Waals surface area contributed by atoms with Crippen LogP contribution in [0.2, 0.25) is 0 Å². The minimum absolute atomic E-state index is 0.108. The molecule has 0 saturated carbocycles. The zero-order valence-corrected chi connectivity index (χ0v) is 22.9. The van der Waals surface area contributed by atoms with Crippen LogP contribution in [0.5, 0.6) is 5.75 Å². The van der Waals surface area contributed by atoms with E-state index in [-0.39, 0.29) is 35.0 Å². The molecule has 1 fully saturated rings. The van der Waals surface area contributed by atoms with E-state index in [1.165, 1.54) is 35.4 Å². The van der Waals surface area contributed by atoms with Crippen LogP contribution in [-0.4, -0.2) is 89.3 Å². The number of carbonyl (C=O) groups is 4. The molecule has 0 aliphatic carbocycles. The molecular weight excluding hydrogens is 619 g/mol. The van der Waals surface area contributed by atoms with E-state index in [2.05, 4.69) is 25.4 Å². The maximum absolute atomic E-state index is 13.4. The smallest absolute Gasteiger partial charge is 0.295 e. The van der Waals surface area contributed by atoms with Crippen molar-refractivity contribution in [3.8, 4) is 11.6 Å². The number of piperazine rings is 1. The maximum atomic E-state index is 13.4. The van der Waals surface area contributed by atoms with Crippen molar-refractivity contribution in [3.05, 3.63) is 66.0 Å². The first-order valence-electron chi connectivity index (χ1n) is 11.9. The van der Waals surface area contributed by atoms with E-state index in [0.29, 0.717) is 46.9 Å². The number of hydrogen-bond acceptors (Lipinski definition) is 8. The Labute approximate surface area is 235 Å². The summed E-state index contributed by atoms with van der Waals surface area (Å²) in [6.07, 6.45) is 4.32. The van der Waals surface area contributed by atoms with Crippen LogP contribution in [0.25, 0.3) is 16.7 Å². The molecule has 1 aliphatic heterocycles. The van der Waals surface area contributed by atoms with Crippen LogP contribution < -0.4 is 10.1 Å². The van der Waals surface area contributed by atoms with Crippen LogP contribution in [0.4, 0.5) is 4.79 Å². The molecule has 1 saturated heterocycles. The lowest BCUT2D eigenvalue weighted by Gasteiger charge is -2.34. The molecule has 200 valence electrons. The Balaban J connectivity index is 1.35. The summed E-state index contributed by atoms with van der Waals surface area (Å²) in [5.41, 5.74) is 1.15. The number of carbonyl (C=O) groups excluding carboxylic acids is 4. The molecule has 0 unspecified atom stereocenters. The average Bonchev–Trinajstić information content (AvgIpc) is 3.63. The maximum Gasteiger partial charge on any atom is 0.295 e. The third-order valence-electron chi connectivity index (χ3n) is 6.33. The molecule has 13 nitrogen and oxygen atoms in total. The number of aromatic amines is 1. The minimum atomic E-state index is -0.705. The number of rotatable bonds is 7. The number of nitrogens with one attached hydrogen (secondary N) is 2. The lowest BCUT2D eigenvalue weighted by atomic mass is 10.1. The molecule has 0 spiro atoms. The highest BCUT2D eigenvalue weighted by molar-refractivity contribution is 14.1. The van der Waals surface area contributed by atoms with Crippen molar-refractivity contribution in [1.29, 1.82) is 0 Å². The van der Waals surface area contributed by atoms with Gasteiger partial charge in [0.15, 0.2) is 11.6 Å². The topological polar surface area (TPSA) is 155 Å². The summed E-state index contributed by atoms with van der Waals surface area (Å²) in [5, 5.41) is 7.34. The van der Waals surface area contributed by atoms with Gasteiger partial charge in [-0.15, -0.1) is 5.10 Å². The van der Waals surface area contributed by atoms with Crippen molar-refractivity contribution in [2.45, 2.75) is 6.54 Å². The lowest BCUT2D eigenvalue weighted by Crippen LogP contribution is -2.52. The quantitative estimate of drug-likeness (QED) is 0.102. The zero-order valence-electron chi connectivity index (χ0n) is 20.8. The fraction of sp³-hybridized carbons (Fsp3) is 0.240.